The Morgan fingerprint density at radius 3 is 2.52 bits per heavy atom. The molecule has 0 fully saturated rings. The molecule has 3 rings (SSSR count). The number of nitrogens with zero attached hydrogens (tertiary/aromatic N) is 1. The van der Waals surface area contributed by atoms with Crippen molar-refractivity contribution < 1.29 is 13.3 Å². The molecule has 1 aliphatic rings. The molecule has 2 N–H and O–H groups in total. The van der Waals surface area contributed by atoms with E-state index in [0.717, 1.165) is 18.5 Å². The van der Waals surface area contributed by atoms with Crippen molar-refractivity contribution in [3.05, 3.63) is 69.8 Å². The molecule has 0 saturated heterocycles. The van der Waals surface area contributed by atoms with Gasteiger partial charge in [-0.3, -0.25) is 10.1 Å². The van der Waals surface area contributed by atoms with Crippen LogP contribution >= 0.6 is 12.4 Å². The molecule has 1 unspecified atom stereocenters. The summed E-state index contributed by atoms with van der Waals surface area (Å²) < 4.78 is 27.3. The molecule has 0 aromatic heterocycles. The number of non-ortho nitro benzene ring substituents is 1. The highest BCUT2D eigenvalue weighted by Gasteiger charge is 2.22. The number of nitro benzene ring substituents is 1. The highest BCUT2D eigenvalue weighted by molar-refractivity contribution is 7.89. The van der Waals surface area contributed by atoms with E-state index < -0.39 is 14.9 Å². The number of fused-ring (bicyclic) bond motifs is 1. The molecule has 25 heavy (non-hydrogen) atoms. The highest BCUT2D eigenvalue weighted by atomic mass is 35.5. The molecular formula is C16H18ClN3O4S. The number of rotatable bonds is 5. The number of sulfonamides is 1. The van der Waals surface area contributed by atoms with E-state index in [1.54, 1.807) is 0 Å². The van der Waals surface area contributed by atoms with E-state index in [-0.39, 0.29) is 35.6 Å². The van der Waals surface area contributed by atoms with Gasteiger partial charge in [-0.2, -0.15) is 0 Å². The average molecular weight is 384 g/mol. The van der Waals surface area contributed by atoms with Crippen molar-refractivity contribution in [1.29, 1.82) is 0 Å². The molecule has 0 radical (unpaired) electrons. The predicted octanol–water partition coefficient (Wildman–Crippen LogP) is 2.18. The van der Waals surface area contributed by atoms with E-state index in [1.807, 2.05) is 24.3 Å². The van der Waals surface area contributed by atoms with Crippen molar-refractivity contribution >= 4 is 28.1 Å². The van der Waals surface area contributed by atoms with Crippen LogP contribution in [-0.2, 0) is 16.4 Å². The quantitative estimate of drug-likeness (QED) is 0.608. The van der Waals surface area contributed by atoms with Gasteiger partial charge < -0.3 is 5.32 Å². The molecule has 2 aromatic rings. The molecular weight excluding hydrogens is 366 g/mol. The fourth-order valence-electron chi connectivity index (χ4n) is 2.80. The van der Waals surface area contributed by atoms with Crippen LogP contribution in [0, 0.1) is 10.1 Å². The fourth-order valence-corrected chi connectivity index (χ4v) is 3.85. The number of nitrogens with one attached hydrogen (secondary N) is 2. The second-order valence-electron chi connectivity index (χ2n) is 5.56. The lowest BCUT2D eigenvalue weighted by Gasteiger charge is -2.27. The van der Waals surface area contributed by atoms with Crippen LogP contribution in [-0.4, -0.2) is 26.4 Å². The van der Waals surface area contributed by atoms with E-state index in [9.17, 15) is 18.5 Å². The molecule has 1 atom stereocenters. The Labute approximate surface area is 152 Å². The summed E-state index contributed by atoms with van der Waals surface area (Å²) >= 11 is 0. The molecule has 9 heteroatoms. The van der Waals surface area contributed by atoms with Crippen LogP contribution in [0.15, 0.2) is 53.4 Å². The smallest absolute Gasteiger partial charge is 0.269 e. The molecule has 1 heterocycles. The van der Waals surface area contributed by atoms with Gasteiger partial charge in [-0.05, 0) is 36.2 Å². The highest BCUT2D eigenvalue weighted by Crippen LogP contribution is 2.22. The third-order valence-corrected chi connectivity index (χ3v) is 5.49. The Kier molecular flexibility index (Phi) is 6.12. The Bertz CT molecular complexity index is 856. The second-order valence-corrected chi connectivity index (χ2v) is 7.33. The van der Waals surface area contributed by atoms with Crippen LogP contribution in [0.4, 0.5) is 5.69 Å². The molecule has 2 aromatic carbocycles. The van der Waals surface area contributed by atoms with E-state index >= 15 is 0 Å². The van der Waals surface area contributed by atoms with Gasteiger partial charge in [-0.15, -0.1) is 12.4 Å². The van der Waals surface area contributed by atoms with Crippen LogP contribution in [0.5, 0.6) is 0 Å². The van der Waals surface area contributed by atoms with Crippen molar-refractivity contribution in [3.63, 3.8) is 0 Å². The fraction of sp³-hybridized carbons (Fsp3) is 0.250. The zero-order chi connectivity index (χ0) is 17.2. The Morgan fingerprint density at radius 2 is 1.84 bits per heavy atom. The SMILES string of the molecule is Cl.O=[N+]([O-])c1ccc(S(=O)(=O)NCC2NCCc3ccccc32)cc1. The summed E-state index contributed by atoms with van der Waals surface area (Å²) in [5, 5.41) is 14.0. The van der Waals surface area contributed by atoms with Crippen LogP contribution < -0.4 is 10.0 Å². The summed E-state index contributed by atoms with van der Waals surface area (Å²) in [7, 11) is -3.72. The third kappa shape index (κ3) is 4.35. The minimum Gasteiger partial charge on any atom is -0.308 e. The van der Waals surface area contributed by atoms with Crippen molar-refractivity contribution in [2.75, 3.05) is 13.1 Å². The number of hydrogen-bond acceptors (Lipinski definition) is 5. The lowest BCUT2D eigenvalue weighted by Crippen LogP contribution is -2.38. The van der Waals surface area contributed by atoms with Gasteiger partial charge in [-0.25, -0.2) is 13.1 Å². The number of nitro groups is 1. The monoisotopic (exact) mass is 383 g/mol. The van der Waals surface area contributed by atoms with E-state index in [0.29, 0.717) is 0 Å². The lowest BCUT2D eigenvalue weighted by atomic mass is 9.95. The molecule has 1 aliphatic heterocycles. The predicted molar refractivity (Wildman–Crippen MR) is 96.4 cm³/mol. The van der Waals surface area contributed by atoms with Gasteiger partial charge in [0.2, 0.25) is 10.0 Å². The average Bonchev–Trinajstić information content (AvgIpc) is 2.60. The topological polar surface area (TPSA) is 101 Å². The molecule has 134 valence electrons. The molecule has 0 amide bonds. The Hall–Kier alpha value is -2.00. The minimum absolute atomic E-state index is 0. The van der Waals surface area contributed by atoms with Gasteiger partial charge in [0.1, 0.15) is 0 Å². The summed E-state index contributed by atoms with van der Waals surface area (Å²) in [6.45, 7) is 1.01. The summed E-state index contributed by atoms with van der Waals surface area (Å²) in [6.07, 6.45) is 0.918. The zero-order valence-electron chi connectivity index (χ0n) is 13.2. The number of benzene rings is 2. The van der Waals surface area contributed by atoms with Gasteiger partial charge in [0.05, 0.1) is 9.82 Å². The summed E-state index contributed by atoms with van der Waals surface area (Å²) in [5.74, 6) is 0. The van der Waals surface area contributed by atoms with Crippen LogP contribution in [0.2, 0.25) is 0 Å². The van der Waals surface area contributed by atoms with Crippen molar-refractivity contribution in [2.45, 2.75) is 17.4 Å². The van der Waals surface area contributed by atoms with Gasteiger partial charge >= 0.3 is 0 Å². The first-order valence-corrected chi connectivity index (χ1v) is 9.01. The molecule has 0 saturated carbocycles. The summed E-state index contributed by atoms with van der Waals surface area (Å²) in [5.41, 5.74) is 2.17. The standard InChI is InChI=1S/C16H17N3O4S.ClH/c20-19(21)13-5-7-14(8-6-13)24(22,23)18-11-16-15-4-2-1-3-12(15)9-10-17-16;/h1-8,16-18H,9-11H2;1H. The van der Waals surface area contributed by atoms with Crippen LogP contribution in [0.1, 0.15) is 17.2 Å². The van der Waals surface area contributed by atoms with Crippen molar-refractivity contribution in [3.8, 4) is 0 Å². The van der Waals surface area contributed by atoms with Crippen LogP contribution in [0.25, 0.3) is 0 Å². The number of halogens is 1. The number of hydrogen-bond donors (Lipinski definition) is 2. The first-order chi connectivity index (χ1) is 11.5. The van der Waals surface area contributed by atoms with Gasteiger partial charge in [0, 0.05) is 24.7 Å². The lowest BCUT2D eigenvalue weighted by molar-refractivity contribution is -0.384. The Morgan fingerprint density at radius 1 is 1.16 bits per heavy atom. The molecule has 7 nitrogen and oxygen atoms in total. The van der Waals surface area contributed by atoms with Gasteiger partial charge in [0.25, 0.3) is 5.69 Å². The minimum atomic E-state index is -3.72. The maximum absolute atomic E-state index is 12.4. The van der Waals surface area contributed by atoms with Gasteiger partial charge in [0.15, 0.2) is 0 Å². The van der Waals surface area contributed by atoms with Crippen LogP contribution in [0.3, 0.4) is 0 Å². The maximum Gasteiger partial charge on any atom is 0.269 e. The largest absolute Gasteiger partial charge is 0.308 e. The van der Waals surface area contributed by atoms with Crippen molar-refractivity contribution in [2.24, 2.45) is 0 Å². The van der Waals surface area contributed by atoms with E-state index in [1.165, 1.54) is 29.8 Å². The summed E-state index contributed by atoms with van der Waals surface area (Å²) in [6, 6.07) is 12.7. The Balaban J connectivity index is 0.00000225. The van der Waals surface area contributed by atoms with E-state index in [4.69, 9.17) is 0 Å². The first-order valence-electron chi connectivity index (χ1n) is 7.53. The third-order valence-electron chi connectivity index (χ3n) is 4.05. The zero-order valence-corrected chi connectivity index (χ0v) is 14.8. The maximum atomic E-state index is 12.4. The van der Waals surface area contributed by atoms with E-state index in [2.05, 4.69) is 10.0 Å². The molecule has 0 aliphatic carbocycles. The molecule has 0 bridgehead atoms. The molecule has 0 spiro atoms. The normalized spacial score (nSPS) is 16.6. The van der Waals surface area contributed by atoms with Gasteiger partial charge in [-0.1, -0.05) is 24.3 Å². The first kappa shape index (κ1) is 19.3. The second kappa shape index (κ2) is 7.92. The summed E-state index contributed by atoms with van der Waals surface area (Å²) in [4.78, 5) is 10.1. The van der Waals surface area contributed by atoms with Crippen molar-refractivity contribution in [1.82, 2.24) is 10.0 Å².